The van der Waals surface area contributed by atoms with Gasteiger partial charge in [-0.25, -0.2) is 0 Å². The minimum absolute atomic E-state index is 0.00271. The topological polar surface area (TPSA) is 92.9 Å². The highest BCUT2D eigenvalue weighted by Crippen LogP contribution is 2.40. The van der Waals surface area contributed by atoms with Crippen LogP contribution in [0.4, 0.5) is 0 Å². The molecule has 0 spiro atoms. The van der Waals surface area contributed by atoms with E-state index in [1.807, 2.05) is 13.8 Å². The zero-order chi connectivity index (χ0) is 22.1. The smallest absolute Gasteiger partial charge is 0.296 e. The minimum atomic E-state index is -0.840. The summed E-state index contributed by atoms with van der Waals surface area (Å²) in [5, 5.41) is 11.2. The SMILES string of the molecule is COc1cc(C)c(/C(O)=C2\C(=O)C(=O)N(Cc3ccco3)C2c2ccccn2)cc1C. The number of nitrogens with zero attached hydrogens (tertiary/aromatic N) is 2. The number of hydrogen-bond donors (Lipinski definition) is 1. The summed E-state index contributed by atoms with van der Waals surface area (Å²) in [6, 6.07) is 11.4. The molecule has 1 N–H and O–H groups in total. The Bertz CT molecular complexity index is 1170. The number of benzene rings is 1. The van der Waals surface area contributed by atoms with Crippen molar-refractivity contribution in [1.29, 1.82) is 0 Å². The largest absolute Gasteiger partial charge is 0.507 e. The van der Waals surface area contributed by atoms with Gasteiger partial charge in [-0.2, -0.15) is 0 Å². The molecule has 0 aliphatic carbocycles. The monoisotopic (exact) mass is 418 g/mol. The van der Waals surface area contributed by atoms with E-state index in [1.54, 1.807) is 55.8 Å². The van der Waals surface area contributed by atoms with Crippen LogP contribution in [-0.2, 0) is 16.1 Å². The van der Waals surface area contributed by atoms with Crippen LogP contribution >= 0.6 is 0 Å². The zero-order valence-corrected chi connectivity index (χ0v) is 17.5. The maximum absolute atomic E-state index is 13.1. The van der Waals surface area contributed by atoms with Gasteiger partial charge in [0.1, 0.15) is 23.3 Å². The number of amides is 1. The fourth-order valence-corrected chi connectivity index (χ4v) is 3.87. The van der Waals surface area contributed by atoms with Crippen LogP contribution in [0.15, 0.2) is 64.9 Å². The van der Waals surface area contributed by atoms with E-state index in [0.717, 1.165) is 11.1 Å². The molecule has 158 valence electrons. The molecule has 31 heavy (non-hydrogen) atoms. The second kappa shape index (κ2) is 8.10. The average Bonchev–Trinajstić information content (AvgIpc) is 3.37. The van der Waals surface area contributed by atoms with E-state index < -0.39 is 17.7 Å². The number of aliphatic hydroxyl groups is 1. The summed E-state index contributed by atoms with van der Waals surface area (Å²) >= 11 is 0. The van der Waals surface area contributed by atoms with E-state index in [9.17, 15) is 14.7 Å². The molecular weight excluding hydrogens is 396 g/mol. The van der Waals surface area contributed by atoms with E-state index in [2.05, 4.69) is 4.98 Å². The fraction of sp³-hybridized carbons (Fsp3) is 0.208. The molecule has 1 unspecified atom stereocenters. The second-order valence-corrected chi connectivity index (χ2v) is 7.40. The Balaban J connectivity index is 1.89. The van der Waals surface area contributed by atoms with Gasteiger partial charge in [-0.1, -0.05) is 6.07 Å². The van der Waals surface area contributed by atoms with E-state index >= 15 is 0 Å². The highest BCUT2D eigenvalue weighted by atomic mass is 16.5. The molecule has 3 aromatic rings. The van der Waals surface area contributed by atoms with Gasteiger partial charge < -0.3 is 19.2 Å². The van der Waals surface area contributed by atoms with Gasteiger partial charge >= 0.3 is 0 Å². The number of furan rings is 1. The van der Waals surface area contributed by atoms with Crippen molar-refractivity contribution in [3.8, 4) is 5.75 Å². The van der Waals surface area contributed by atoms with Crippen molar-refractivity contribution in [3.63, 3.8) is 0 Å². The number of carbonyl (C=O) groups excluding carboxylic acids is 2. The van der Waals surface area contributed by atoms with Crippen molar-refractivity contribution < 1.29 is 23.8 Å². The lowest BCUT2D eigenvalue weighted by Gasteiger charge is -2.23. The Morgan fingerprint density at radius 2 is 1.97 bits per heavy atom. The third-order valence-electron chi connectivity index (χ3n) is 5.41. The Kier molecular flexibility index (Phi) is 5.33. The maximum atomic E-state index is 13.1. The molecular formula is C24H22N2O5. The Labute approximate surface area is 179 Å². The second-order valence-electron chi connectivity index (χ2n) is 7.40. The predicted molar refractivity (Wildman–Crippen MR) is 113 cm³/mol. The lowest BCUT2D eigenvalue weighted by atomic mass is 9.95. The summed E-state index contributed by atoms with van der Waals surface area (Å²) in [5.41, 5.74) is 2.47. The molecule has 7 heteroatoms. The first-order valence-corrected chi connectivity index (χ1v) is 9.79. The van der Waals surface area contributed by atoms with Crippen molar-refractivity contribution >= 4 is 17.4 Å². The van der Waals surface area contributed by atoms with E-state index in [0.29, 0.717) is 22.8 Å². The van der Waals surface area contributed by atoms with Crippen LogP contribution in [0, 0.1) is 13.8 Å². The van der Waals surface area contributed by atoms with Crippen LogP contribution in [0.25, 0.3) is 5.76 Å². The number of likely N-dealkylation sites (tertiary alicyclic amines) is 1. The van der Waals surface area contributed by atoms with Crippen molar-refractivity contribution in [3.05, 3.63) is 88.6 Å². The highest BCUT2D eigenvalue weighted by Gasteiger charge is 2.47. The molecule has 1 fully saturated rings. The van der Waals surface area contributed by atoms with Crippen molar-refractivity contribution in [2.75, 3.05) is 7.11 Å². The quantitative estimate of drug-likeness (QED) is 0.384. The van der Waals surface area contributed by atoms with Crippen LogP contribution in [0.5, 0.6) is 5.75 Å². The number of aliphatic hydroxyl groups excluding tert-OH is 1. The predicted octanol–water partition coefficient (Wildman–Crippen LogP) is 3.92. The number of aromatic nitrogens is 1. The Morgan fingerprint density at radius 1 is 1.16 bits per heavy atom. The summed E-state index contributed by atoms with van der Waals surface area (Å²) in [4.78, 5) is 31.8. The van der Waals surface area contributed by atoms with Gasteiger partial charge in [0.05, 0.1) is 31.2 Å². The van der Waals surface area contributed by atoms with Gasteiger partial charge in [0, 0.05) is 11.8 Å². The number of aryl methyl sites for hydroxylation is 2. The first kappa shape index (κ1) is 20.4. The molecule has 7 nitrogen and oxygen atoms in total. The number of Topliss-reactive ketones (excluding diaryl/α,β-unsaturated/α-hetero) is 1. The summed E-state index contributed by atoms with van der Waals surface area (Å²) in [6.07, 6.45) is 3.09. The van der Waals surface area contributed by atoms with E-state index in [1.165, 1.54) is 11.2 Å². The van der Waals surface area contributed by atoms with Crippen molar-refractivity contribution in [2.24, 2.45) is 0 Å². The molecule has 1 aliphatic heterocycles. The number of hydrogen-bond acceptors (Lipinski definition) is 6. The van der Waals surface area contributed by atoms with Gasteiger partial charge in [0.25, 0.3) is 11.7 Å². The molecule has 1 aromatic carbocycles. The fourth-order valence-electron chi connectivity index (χ4n) is 3.87. The number of pyridine rings is 1. The van der Waals surface area contributed by atoms with Crippen LogP contribution in [0.1, 0.15) is 34.2 Å². The lowest BCUT2D eigenvalue weighted by Crippen LogP contribution is -2.29. The van der Waals surface area contributed by atoms with Crippen molar-refractivity contribution in [2.45, 2.75) is 26.4 Å². The number of ketones is 1. The van der Waals surface area contributed by atoms with E-state index in [-0.39, 0.29) is 17.9 Å². The van der Waals surface area contributed by atoms with Crippen LogP contribution in [0.2, 0.25) is 0 Å². The van der Waals surface area contributed by atoms with Crippen LogP contribution in [-0.4, -0.2) is 33.8 Å². The number of ether oxygens (including phenoxy) is 1. The lowest BCUT2D eigenvalue weighted by molar-refractivity contribution is -0.140. The number of methoxy groups -OCH3 is 1. The minimum Gasteiger partial charge on any atom is -0.507 e. The Morgan fingerprint density at radius 3 is 2.61 bits per heavy atom. The summed E-state index contributed by atoms with van der Waals surface area (Å²) in [5.74, 6) is -0.504. The van der Waals surface area contributed by atoms with E-state index in [4.69, 9.17) is 9.15 Å². The summed E-state index contributed by atoms with van der Waals surface area (Å²) < 4.78 is 10.7. The zero-order valence-electron chi connectivity index (χ0n) is 17.5. The van der Waals surface area contributed by atoms with Gasteiger partial charge in [-0.3, -0.25) is 14.6 Å². The molecule has 0 bridgehead atoms. The summed E-state index contributed by atoms with van der Waals surface area (Å²) in [7, 11) is 1.57. The average molecular weight is 418 g/mol. The van der Waals surface area contributed by atoms with Crippen LogP contribution in [0.3, 0.4) is 0 Å². The molecule has 1 saturated heterocycles. The van der Waals surface area contributed by atoms with Gasteiger partial charge in [0.2, 0.25) is 0 Å². The molecule has 0 saturated carbocycles. The maximum Gasteiger partial charge on any atom is 0.296 e. The van der Waals surface area contributed by atoms with Gasteiger partial charge in [0.15, 0.2) is 0 Å². The third-order valence-corrected chi connectivity index (χ3v) is 5.41. The van der Waals surface area contributed by atoms with Gasteiger partial charge in [-0.05, 0) is 61.4 Å². The molecule has 2 aromatic heterocycles. The standard InChI is InChI=1S/C24H22N2O5/c1-14-12-19(30-3)15(2)11-17(14)22(27)20-21(18-8-4-5-9-25-18)26(24(29)23(20)28)13-16-7-6-10-31-16/h4-12,21,27H,13H2,1-3H3/b22-20+. The first-order valence-electron chi connectivity index (χ1n) is 9.79. The van der Waals surface area contributed by atoms with Crippen molar-refractivity contribution in [1.82, 2.24) is 9.88 Å². The molecule has 1 aliphatic rings. The molecule has 3 heterocycles. The highest BCUT2D eigenvalue weighted by molar-refractivity contribution is 6.46. The molecule has 1 amide bonds. The third kappa shape index (κ3) is 3.59. The number of rotatable bonds is 5. The molecule has 0 radical (unpaired) electrons. The van der Waals surface area contributed by atoms with Gasteiger partial charge in [-0.15, -0.1) is 0 Å². The molecule has 1 atom stereocenters. The normalized spacial score (nSPS) is 17.9. The molecule has 4 rings (SSSR count). The summed E-state index contributed by atoms with van der Waals surface area (Å²) in [6.45, 7) is 3.74. The Hall–Kier alpha value is -3.87. The van der Waals surface area contributed by atoms with Crippen LogP contribution < -0.4 is 4.74 Å². The first-order chi connectivity index (χ1) is 14.9. The number of carbonyl (C=O) groups is 2.